The van der Waals surface area contributed by atoms with E-state index in [1.54, 1.807) is 6.07 Å². The third-order valence-corrected chi connectivity index (χ3v) is 5.03. The van der Waals surface area contributed by atoms with Crippen LogP contribution in [0.2, 0.25) is 0 Å². The van der Waals surface area contributed by atoms with Crippen molar-refractivity contribution in [2.24, 2.45) is 0 Å². The van der Waals surface area contributed by atoms with Crippen LogP contribution in [0.5, 0.6) is 0 Å². The number of rotatable bonds is 5. The number of nitrogens with one attached hydrogen (secondary N) is 2. The maximum atomic E-state index is 13.2. The maximum Gasteiger partial charge on any atom is 0.329 e. The van der Waals surface area contributed by atoms with E-state index in [1.165, 1.54) is 12.1 Å². The molecule has 5 nitrogen and oxygen atoms in total. The second-order valence-corrected chi connectivity index (χ2v) is 7.70. The number of carbonyl (C=O) groups excluding carboxylic acids is 1. The minimum absolute atomic E-state index is 0.279. The molecule has 3 rings (SSSR count). The lowest BCUT2D eigenvalue weighted by Crippen LogP contribution is -2.24. The molecule has 7 heteroatoms. The number of para-hydroxylation sites is 1. The van der Waals surface area contributed by atoms with E-state index >= 15 is 0 Å². The summed E-state index contributed by atoms with van der Waals surface area (Å²) in [5.74, 6) is 0.162. The van der Waals surface area contributed by atoms with Crippen molar-refractivity contribution >= 4 is 34.6 Å². The first kappa shape index (κ1) is 19.2. The van der Waals surface area contributed by atoms with Crippen molar-refractivity contribution in [2.75, 3.05) is 5.32 Å². The van der Waals surface area contributed by atoms with E-state index < -0.39 is 5.82 Å². The number of nitrogens with zero attached hydrogens (tertiary/aromatic N) is 1. The molecule has 3 aromatic rings. The average Bonchev–Trinajstić information content (AvgIpc) is 3.01. The topological polar surface area (TPSA) is 67.2 Å². The zero-order chi connectivity index (χ0) is 19.6. The van der Waals surface area contributed by atoms with Crippen molar-refractivity contribution < 1.29 is 13.7 Å². The predicted octanol–water partition coefficient (Wildman–Crippen LogP) is 6.04. The van der Waals surface area contributed by atoms with Gasteiger partial charge >= 0.3 is 6.03 Å². The van der Waals surface area contributed by atoms with Gasteiger partial charge in [0.25, 0.3) is 0 Å². The fourth-order valence-corrected chi connectivity index (χ4v) is 3.48. The Bertz CT molecular complexity index is 943. The molecule has 0 bridgehead atoms. The highest BCUT2D eigenvalue weighted by molar-refractivity contribution is 7.98. The first-order chi connectivity index (χ1) is 12.9. The Morgan fingerprint density at radius 1 is 1.11 bits per heavy atom. The van der Waals surface area contributed by atoms with Crippen molar-refractivity contribution in [3.05, 3.63) is 53.3 Å². The monoisotopic (exact) mass is 387 g/mol. The van der Waals surface area contributed by atoms with E-state index in [4.69, 9.17) is 4.52 Å². The molecule has 1 heterocycles. The number of benzene rings is 2. The number of anilines is 1. The fourth-order valence-electron chi connectivity index (χ4n) is 2.89. The standard InChI is InChI=1S/C20H22FN3O2S/c1-11(2)14-6-5-7-15(12(3)4)18(14)22-20(25)24-27-19-16-9-8-13(21)10-17(16)26-23-19/h5-12H,1-4H3,(H2,22,24,25). The fraction of sp³-hybridized carbons (Fsp3) is 0.300. The van der Waals surface area contributed by atoms with Crippen LogP contribution in [0.4, 0.5) is 14.9 Å². The molecule has 2 amide bonds. The molecular formula is C20H22FN3O2S. The molecule has 27 heavy (non-hydrogen) atoms. The number of urea groups is 1. The predicted molar refractivity (Wildman–Crippen MR) is 107 cm³/mol. The summed E-state index contributed by atoms with van der Waals surface area (Å²) < 4.78 is 21.1. The van der Waals surface area contributed by atoms with Gasteiger partial charge < -0.3 is 9.84 Å². The highest BCUT2D eigenvalue weighted by atomic mass is 32.2. The van der Waals surface area contributed by atoms with E-state index in [0.717, 1.165) is 28.8 Å². The Kier molecular flexibility index (Phi) is 5.70. The number of fused-ring (bicyclic) bond motifs is 1. The van der Waals surface area contributed by atoms with E-state index in [1.807, 2.05) is 18.2 Å². The molecule has 0 saturated heterocycles. The Hall–Kier alpha value is -2.54. The second-order valence-electron chi connectivity index (χ2n) is 6.91. The summed E-state index contributed by atoms with van der Waals surface area (Å²) in [6.45, 7) is 8.38. The largest absolute Gasteiger partial charge is 0.355 e. The summed E-state index contributed by atoms with van der Waals surface area (Å²) in [6.07, 6.45) is 0. The lowest BCUT2D eigenvalue weighted by atomic mass is 9.93. The Morgan fingerprint density at radius 3 is 2.41 bits per heavy atom. The lowest BCUT2D eigenvalue weighted by Gasteiger charge is -2.20. The van der Waals surface area contributed by atoms with Crippen LogP contribution in [0.3, 0.4) is 0 Å². The molecule has 2 aromatic carbocycles. The van der Waals surface area contributed by atoms with Crippen molar-refractivity contribution in [3.8, 4) is 0 Å². The van der Waals surface area contributed by atoms with Gasteiger partial charge in [-0.3, -0.25) is 4.72 Å². The Morgan fingerprint density at radius 2 is 1.78 bits per heavy atom. The highest BCUT2D eigenvalue weighted by Gasteiger charge is 2.17. The zero-order valence-electron chi connectivity index (χ0n) is 15.7. The minimum atomic E-state index is -0.396. The third-order valence-electron chi connectivity index (χ3n) is 4.25. The molecular weight excluding hydrogens is 365 g/mol. The molecule has 0 aliphatic carbocycles. The van der Waals surface area contributed by atoms with Gasteiger partial charge in [0.05, 0.1) is 5.39 Å². The van der Waals surface area contributed by atoms with Crippen LogP contribution in [0.1, 0.15) is 50.7 Å². The number of hydrogen-bond acceptors (Lipinski definition) is 4. The summed E-state index contributed by atoms with van der Waals surface area (Å²) in [4.78, 5) is 12.5. The lowest BCUT2D eigenvalue weighted by molar-refractivity contribution is 0.257. The number of aromatic nitrogens is 1. The molecule has 0 aliphatic rings. The number of hydrogen-bond donors (Lipinski definition) is 2. The van der Waals surface area contributed by atoms with Gasteiger partial charge in [-0.1, -0.05) is 51.1 Å². The van der Waals surface area contributed by atoms with Gasteiger partial charge in [-0.2, -0.15) is 0 Å². The first-order valence-corrected chi connectivity index (χ1v) is 9.60. The molecule has 0 fully saturated rings. The smallest absolute Gasteiger partial charge is 0.329 e. The van der Waals surface area contributed by atoms with Crippen LogP contribution in [0.15, 0.2) is 45.9 Å². The molecule has 2 N–H and O–H groups in total. The van der Waals surface area contributed by atoms with E-state index in [-0.39, 0.29) is 17.9 Å². The summed E-state index contributed by atoms with van der Waals surface area (Å²) in [5.41, 5.74) is 3.35. The summed E-state index contributed by atoms with van der Waals surface area (Å²) in [6, 6.07) is 9.89. The van der Waals surface area contributed by atoms with Crippen LogP contribution in [0.25, 0.3) is 11.0 Å². The van der Waals surface area contributed by atoms with Crippen molar-refractivity contribution in [2.45, 2.75) is 44.6 Å². The van der Waals surface area contributed by atoms with Crippen molar-refractivity contribution in [1.29, 1.82) is 0 Å². The molecule has 0 radical (unpaired) electrons. The van der Waals surface area contributed by atoms with Crippen LogP contribution in [-0.4, -0.2) is 11.2 Å². The van der Waals surface area contributed by atoms with Gasteiger partial charge in [0, 0.05) is 23.7 Å². The van der Waals surface area contributed by atoms with Gasteiger partial charge in [0.15, 0.2) is 10.6 Å². The van der Waals surface area contributed by atoms with Crippen LogP contribution >= 0.6 is 11.9 Å². The van der Waals surface area contributed by atoms with Crippen molar-refractivity contribution in [1.82, 2.24) is 9.88 Å². The molecule has 142 valence electrons. The SMILES string of the molecule is CC(C)c1cccc(C(C)C)c1NC(=O)NSc1noc2cc(F)ccc12. The Balaban J connectivity index is 1.76. The van der Waals surface area contributed by atoms with Crippen LogP contribution < -0.4 is 10.0 Å². The normalized spacial score (nSPS) is 11.4. The van der Waals surface area contributed by atoms with Gasteiger partial charge in [-0.25, -0.2) is 9.18 Å². The van der Waals surface area contributed by atoms with Crippen molar-refractivity contribution in [3.63, 3.8) is 0 Å². The van der Waals surface area contributed by atoms with Gasteiger partial charge in [0.1, 0.15) is 5.82 Å². The molecule has 0 unspecified atom stereocenters. The van der Waals surface area contributed by atoms with Crippen LogP contribution in [0, 0.1) is 5.82 Å². The minimum Gasteiger partial charge on any atom is -0.355 e. The van der Waals surface area contributed by atoms with E-state index in [2.05, 4.69) is 42.9 Å². The zero-order valence-corrected chi connectivity index (χ0v) is 16.5. The molecule has 1 aromatic heterocycles. The average molecular weight is 387 g/mol. The Labute approximate surface area is 161 Å². The number of amides is 2. The summed E-state index contributed by atoms with van der Waals surface area (Å²) in [7, 11) is 0. The third kappa shape index (κ3) is 4.24. The maximum absolute atomic E-state index is 13.2. The van der Waals surface area contributed by atoms with Crippen LogP contribution in [-0.2, 0) is 0 Å². The van der Waals surface area contributed by atoms with Gasteiger partial charge in [0.2, 0.25) is 0 Å². The highest BCUT2D eigenvalue weighted by Crippen LogP contribution is 2.32. The molecule has 0 atom stereocenters. The van der Waals surface area contributed by atoms with E-state index in [9.17, 15) is 9.18 Å². The van der Waals surface area contributed by atoms with Gasteiger partial charge in [-0.05, 0) is 35.1 Å². The molecule has 0 saturated carbocycles. The molecule has 0 aliphatic heterocycles. The van der Waals surface area contributed by atoms with E-state index in [0.29, 0.717) is 16.0 Å². The number of halogens is 1. The van der Waals surface area contributed by atoms with Gasteiger partial charge in [-0.15, -0.1) is 0 Å². The quantitative estimate of drug-likeness (QED) is 0.524. The summed E-state index contributed by atoms with van der Waals surface area (Å²) >= 11 is 1.03. The second kappa shape index (κ2) is 8.00. The first-order valence-electron chi connectivity index (χ1n) is 8.78. The number of carbonyl (C=O) groups is 1. The molecule has 0 spiro atoms. The summed E-state index contributed by atoms with van der Waals surface area (Å²) in [5, 5.41) is 7.98.